The number of amides is 3. The Labute approximate surface area is 112 Å². The van der Waals surface area contributed by atoms with Crippen LogP contribution in [0.2, 0.25) is 0 Å². The molecule has 7 heteroatoms. The van der Waals surface area contributed by atoms with Gasteiger partial charge in [0.25, 0.3) is 5.91 Å². The van der Waals surface area contributed by atoms with Crippen LogP contribution < -0.4 is 16.4 Å². The molecule has 3 amide bonds. The molecule has 0 unspecified atom stereocenters. The van der Waals surface area contributed by atoms with Crippen LogP contribution in [0.25, 0.3) is 0 Å². The average molecular weight is 265 g/mol. The molecule has 104 valence electrons. The fourth-order valence-corrected chi connectivity index (χ4v) is 1.38. The van der Waals surface area contributed by atoms with E-state index in [9.17, 15) is 9.59 Å². The smallest absolute Gasteiger partial charge is 0.316 e. The standard InChI is InChI=1S/C12H19N5O2/c1-8-10(6-9(13)7-16-8)11(18)14-4-5-15-12(19)17(2)3/h6-7H,4-5,13H2,1-3H3,(H,14,18)(H,15,19). The van der Waals surface area contributed by atoms with Gasteiger partial charge in [-0.3, -0.25) is 9.78 Å². The number of nitrogens with zero attached hydrogens (tertiary/aromatic N) is 2. The third kappa shape index (κ3) is 4.46. The summed E-state index contributed by atoms with van der Waals surface area (Å²) in [6, 6.07) is 1.38. The van der Waals surface area contributed by atoms with Gasteiger partial charge >= 0.3 is 6.03 Å². The summed E-state index contributed by atoms with van der Waals surface area (Å²) in [5, 5.41) is 5.34. The van der Waals surface area contributed by atoms with E-state index in [1.54, 1.807) is 27.1 Å². The van der Waals surface area contributed by atoms with Gasteiger partial charge in [0.15, 0.2) is 0 Å². The van der Waals surface area contributed by atoms with E-state index in [-0.39, 0.29) is 11.9 Å². The minimum absolute atomic E-state index is 0.198. The van der Waals surface area contributed by atoms with E-state index in [0.29, 0.717) is 30.0 Å². The zero-order valence-electron chi connectivity index (χ0n) is 11.4. The first-order chi connectivity index (χ1) is 8.91. The van der Waals surface area contributed by atoms with Crippen LogP contribution >= 0.6 is 0 Å². The highest BCUT2D eigenvalue weighted by Crippen LogP contribution is 2.08. The van der Waals surface area contributed by atoms with Crippen LogP contribution in [0.3, 0.4) is 0 Å². The maximum atomic E-state index is 11.9. The number of rotatable bonds is 4. The van der Waals surface area contributed by atoms with Crippen LogP contribution in [0.4, 0.5) is 10.5 Å². The van der Waals surface area contributed by atoms with Gasteiger partial charge in [-0.05, 0) is 13.0 Å². The summed E-state index contributed by atoms with van der Waals surface area (Å²) in [4.78, 5) is 28.5. The van der Waals surface area contributed by atoms with Gasteiger partial charge in [0.2, 0.25) is 0 Å². The van der Waals surface area contributed by atoms with E-state index in [1.807, 2.05) is 0 Å². The molecule has 4 N–H and O–H groups in total. The number of hydrogen-bond donors (Lipinski definition) is 3. The van der Waals surface area contributed by atoms with Crippen molar-refractivity contribution in [1.29, 1.82) is 0 Å². The number of aryl methyl sites for hydroxylation is 1. The van der Waals surface area contributed by atoms with E-state index >= 15 is 0 Å². The van der Waals surface area contributed by atoms with E-state index in [1.165, 1.54) is 11.1 Å². The summed E-state index contributed by atoms with van der Waals surface area (Å²) in [6.07, 6.45) is 1.50. The summed E-state index contributed by atoms with van der Waals surface area (Å²) in [7, 11) is 3.30. The highest BCUT2D eigenvalue weighted by Gasteiger charge is 2.10. The predicted molar refractivity (Wildman–Crippen MR) is 72.8 cm³/mol. The number of nitrogen functional groups attached to an aromatic ring is 1. The molecular formula is C12H19N5O2. The summed E-state index contributed by atoms with van der Waals surface area (Å²) in [5.41, 5.74) is 7.09. The van der Waals surface area contributed by atoms with Gasteiger partial charge in [-0.1, -0.05) is 0 Å². The summed E-state index contributed by atoms with van der Waals surface area (Å²) in [6.45, 7) is 2.44. The normalized spacial score (nSPS) is 9.84. The Morgan fingerprint density at radius 3 is 2.58 bits per heavy atom. The number of hydrogen-bond acceptors (Lipinski definition) is 4. The van der Waals surface area contributed by atoms with Gasteiger partial charge in [0.05, 0.1) is 23.1 Å². The number of nitrogens with one attached hydrogen (secondary N) is 2. The number of pyridine rings is 1. The van der Waals surface area contributed by atoms with Gasteiger partial charge in [-0.25, -0.2) is 4.79 Å². The zero-order chi connectivity index (χ0) is 14.4. The molecule has 0 fully saturated rings. The molecule has 1 aromatic rings. The fraction of sp³-hybridized carbons (Fsp3) is 0.417. The summed E-state index contributed by atoms with van der Waals surface area (Å²) in [5.74, 6) is -0.253. The van der Waals surface area contributed by atoms with Gasteiger partial charge < -0.3 is 21.3 Å². The Kier molecular flexibility index (Phi) is 5.11. The molecule has 7 nitrogen and oxygen atoms in total. The highest BCUT2D eigenvalue weighted by molar-refractivity contribution is 5.95. The van der Waals surface area contributed by atoms with Crippen LogP contribution in [-0.2, 0) is 0 Å². The molecule has 0 aliphatic heterocycles. The lowest BCUT2D eigenvalue weighted by Gasteiger charge is -2.12. The van der Waals surface area contributed by atoms with E-state index < -0.39 is 0 Å². The van der Waals surface area contributed by atoms with Crippen LogP contribution in [0.1, 0.15) is 16.1 Å². The first kappa shape index (κ1) is 14.7. The number of aromatic nitrogens is 1. The summed E-state index contributed by atoms with van der Waals surface area (Å²) >= 11 is 0. The number of urea groups is 1. The largest absolute Gasteiger partial charge is 0.397 e. The molecule has 1 aromatic heterocycles. The highest BCUT2D eigenvalue weighted by atomic mass is 16.2. The van der Waals surface area contributed by atoms with Crippen LogP contribution in [0, 0.1) is 6.92 Å². The second-order valence-electron chi connectivity index (χ2n) is 4.28. The van der Waals surface area contributed by atoms with E-state index in [0.717, 1.165) is 0 Å². The van der Waals surface area contributed by atoms with Crippen molar-refractivity contribution in [3.8, 4) is 0 Å². The Hall–Kier alpha value is -2.31. The zero-order valence-corrected chi connectivity index (χ0v) is 11.4. The lowest BCUT2D eigenvalue weighted by atomic mass is 10.2. The predicted octanol–water partition coefficient (Wildman–Crippen LogP) is -0.0268. The van der Waals surface area contributed by atoms with Crippen molar-refractivity contribution in [2.45, 2.75) is 6.92 Å². The molecule has 19 heavy (non-hydrogen) atoms. The molecule has 0 atom stereocenters. The number of nitrogens with two attached hydrogens (primary N) is 1. The first-order valence-corrected chi connectivity index (χ1v) is 5.87. The molecule has 0 spiro atoms. The second-order valence-corrected chi connectivity index (χ2v) is 4.28. The summed E-state index contributed by atoms with van der Waals surface area (Å²) < 4.78 is 0. The molecular weight excluding hydrogens is 246 g/mol. The fourth-order valence-electron chi connectivity index (χ4n) is 1.38. The van der Waals surface area contributed by atoms with Gasteiger partial charge in [-0.2, -0.15) is 0 Å². The van der Waals surface area contributed by atoms with Crippen molar-refractivity contribution >= 4 is 17.6 Å². The van der Waals surface area contributed by atoms with Crippen molar-refractivity contribution in [2.24, 2.45) is 0 Å². The monoisotopic (exact) mass is 265 g/mol. The topological polar surface area (TPSA) is 100 Å². The van der Waals surface area contributed by atoms with Gasteiger partial charge in [0.1, 0.15) is 0 Å². The Morgan fingerprint density at radius 2 is 1.95 bits per heavy atom. The van der Waals surface area contributed by atoms with Crippen LogP contribution in [0.15, 0.2) is 12.3 Å². The minimum Gasteiger partial charge on any atom is -0.397 e. The van der Waals surface area contributed by atoms with E-state index in [4.69, 9.17) is 5.73 Å². The van der Waals surface area contributed by atoms with Crippen LogP contribution in [-0.4, -0.2) is 49.0 Å². The lowest BCUT2D eigenvalue weighted by molar-refractivity contribution is 0.0952. The molecule has 0 aliphatic rings. The maximum Gasteiger partial charge on any atom is 0.316 e. The molecule has 0 aromatic carbocycles. The third-order valence-corrected chi connectivity index (χ3v) is 2.45. The Bertz CT molecular complexity index is 473. The number of anilines is 1. The minimum atomic E-state index is -0.253. The molecule has 1 rings (SSSR count). The van der Waals surface area contributed by atoms with E-state index in [2.05, 4.69) is 15.6 Å². The van der Waals surface area contributed by atoms with Gasteiger partial charge in [-0.15, -0.1) is 0 Å². The van der Waals surface area contributed by atoms with Gasteiger partial charge in [0, 0.05) is 27.2 Å². The van der Waals surface area contributed by atoms with Crippen LogP contribution in [0.5, 0.6) is 0 Å². The lowest BCUT2D eigenvalue weighted by Crippen LogP contribution is -2.39. The third-order valence-electron chi connectivity index (χ3n) is 2.45. The van der Waals surface area contributed by atoms with Crippen molar-refractivity contribution in [3.63, 3.8) is 0 Å². The van der Waals surface area contributed by atoms with Crippen molar-refractivity contribution in [1.82, 2.24) is 20.5 Å². The van der Waals surface area contributed by atoms with Crippen molar-refractivity contribution < 1.29 is 9.59 Å². The quantitative estimate of drug-likeness (QED) is 0.666. The first-order valence-electron chi connectivity index (χ1n) is 5.87. The number of carbonyl (C=O) groups excluding carboxylic acids is 2. The second kappa shape index (κ2) is 6.58. The molecule has 1 heterocycles. The average Bonchev–Trinajstić information content (AvgIpc) is 2.36. The molecule has 0 radical (unpaired) electrons. The molecule has 0 bridgehead atoms. The molecule has 0 saturated carbocycles. The SMILES string of the molecule is Cc1ncc(N)cc1C(=O)NCCNC(=O)N(C)C. The van der Waals surface area contributed by atoms with Crippen molar-refractivity contribution in [2.75, 3.05) is 32.9 Å². The maximum absolute atomic E-state index is 11.9. The Balaban J connectivity index is 2.44. The molecule has 0 aliphatic carbocycles. The molecule has 0 saturated heterocycles. The number of carbonyl (C=O) groups is 2. The van der Waals surface area contributed by atoms with Crippen molar-refractivity contribution in [3.05, 3.63) is 23.5 Å². The Morgan fingerprint density at radius 1 is 1.32 bits per heavy atom.